The van der Waals surface area contributed by atoms with Crippen LogP contribution >= 0.6 is 0 Å². The monoisotopic (exact) mass is 1230 g/mol. The second-order valence-electron chi connectivity index (χ2n) is 12.8. The van der Waals surface area contributed by atoms with Gasteiger partial charge in [0.2, 0.25) is 0 Å². The van der Waals surface area contributed by atoms with Gasteiger partial charge in [-0.15, -0.1) is 0 Å². The van der Waals surface area contributed by atoms with Crippen molar-refractivity contribution < 1.29 is 198 Å². The molecule has 0 N–H and O–H groups in total. The van der Waals surface area contributed by atoms with E-state index in [0.29, 0.717) is 0 Å². The van der Waals surface area contributed by atoms with Crippen LogP contribution in [0.15, 0.2) is 47.3 Å². The number of halogens is 24. The summed E-state index contributed by atoms with van der Waals surface area (Å²) in [5.41, 5.74) is 0. The van der Waals surface area contributed by atoms with E-state index in [-0.39, 0.29) is 34.1 Å². The van der Waals surface area contributed by atoms with Crippen molar-refractivity contribution in [3.05, 3.63) is 47.3 Å². The number of hydrogen-bond acceptors (Lipinski definition) is 12. The second kappa shape index (κ2) is 37.7. The largest absolute Gasteiger partial charge is 2.00 e. The molecule has 74 heavy (non-hydrogen) atoms. The van der Waals surface area contributed by atoms with E-state index >= 15 is 0 Å². The third-order valence-corrected chi connectivity index (χ3v) is 6.59. The Hall–Kier alpha value is -3.96. The molecule has 0 amide bonds. The SMILES string of the molecule is C1CCOC1.C1CCOC1.C1CCOC1.C1CCOC1.O=C(/C=C(\[O-])C(F)(F)F)C(F)(F)F.O=C(/C=C(\[O-])C(F)(F)F)C(F)(F)F.O=C(/C=C(\[O-])C(F)(F)F)C(F)(F)F.O=C(/C=C(\[O-])C(F)(F)F)C(F)(F)F.[Fe+2].[Fe+2]. The Labute approximate surface area is 421 Å². The minimum absolute atomic E-state index is 0. The Kier molecular flexibility index (Phi) is 41.5. The fourth-order valence-electron chi connectivity index (χ4n) is 3.17. The molecule has 4 heterocycles. The number of rotatable bonds is 4. The predicted molar refractivity (Wildman–Crippen MR) is 181 cm³/mol. The minimum atomic E-state index is -5.46. The Bertz CT molecular complexity index is 1430. The number of ketones is 4. The molecule has 12 nitrogen and oxygen atoms in total. The van der Waals surface area contributed by atoms with Crippen LogP contribution in [0.1, 0.15) is 51.4 Å². The number of ether oxygens (including phenoxy) is 4. The van der Waals surface area contributed by atoms with Crippen LogP contribution in [0.3, 0.4) is 0 Å². The first-order valence-corrected chi connectivity index (χ1v) is 18.8. The topological polar surface area (TPSA) is 197 Å². The molecular formula is C36H36F24Fe2O12. The van der Waals surface area contributed by atoms with Gasteiger partial charge in [-0.2, -0.15) is 105 Å². The Balaban J connectivity index is -0.000000183. The van der Waals surface area contributed by atoms with Gasteiger partial charge in [-0.25, -0.2) is 0 Å². The van der Waals surface area contributed by atoms with Gasteiger partial charge in [0, 0.05) is 52.9 Å². The zero-order valence-corrected chi connectivity index (χ0v) is 38.5. The smallest absolute Gasteiger partial charge is 0.869 e. The maximum atomic E-state index is 11.3. The molecule has 0 bridgehead atoms. The Morgan fingerprint density at radius 2 is 0.365 bits per heavy atom. The average molecular weight is 1230 g/mol. The number of hydrogen-bond donors (Lipinski definition) is 0. The maximum Gasteiger partial charge on any atom is 2.00 e. The Morgan fingerprint density at radius 1 is 0.257 bits per heavy atom. The van der Waals surface area contributed by atoms with Crippen LogP contribution in [0.25, 0.3) is 0 Å². The molecule has 0 unspecified atom stereocenters. The zero-order valence-electron chi connectivity index (χ0n) is 36.3. The van der Waals surface area contributed by atoms with E-state index in [0.717, 1.165) is 52.9 Å². The van der Waals surface area contributed by atoms with Crippen LogP contribution in [-0.2, 0) is 72.3 Å². The summed E-state index contributed by atoms with van der Waals surface area (Å²) in [6, 6.07) is 0. The van der Waals surface area contributed by atoms with Crippen LogP contribution in [0.5, 0.6) is 0 Å². The van der Waals surface area contributed by atoms with Crippen molar-refractivity contribution in [1.29, 1.82) is 0 Å². The van der Waals surface area contributed by atoms with Crippen LogP contribution < -0.4 is 20.4 Å². The van der Waals surface area contributed by atoms with Crippen molar-refractivity contribution in [3.63, 3.8) is 0 Å². The summed E-state index contributed by atoms with van der Waals surface area (Å²) >= 11 is 0. The van der Waals surface area contributed by atoms with Crippen molar-refractivity contribution in [2.24, 2.45) is 0 Å². The third-order valence-electron chi connectivity index (χ3n) is 6.59. The summed E-state index contributed by atoms with van der Waals surface area (Å²) in [6.07, 6.45) is -37.5. The van der Waals surface area contributed by atoms with Crippen LogP contribution in [-0.4, -0.2) is 125 Å². The quantitative estimate of drug-likeness (QED) is 0.123. The number of alkyl halides is 24. The molecule has 4 saturated heterocycles. The van der Waals surface area contributed by atoms with Crippen molar-refractivity contribution in [1.82, 2.24) is 0 Å². The van der Waals surface area contributed by atoms with Crippen LogP contribution in [0.2, 0.25) is 0 Å². The molecule has 436 valence electrons. The van der Waals surface area contributed by atoms with Crippen LogP contribution in [0, 0.1) is 0 Å². The number of allylic oxidation sites excluding steroid dienone is 8. The van der Waals surface area contributed by atoms with Gasteiger partial charge in [-0.05, 0) is 98.7 Å². The average Bonchev–Trinajstić information content (AvgIpc) is 4.07. The summed E-state index contributed by atoms with van der Waals surface area (Å²) in [5, 5.41) is 39.3. The molecule has 0 aromatic carbocycles. The molecule has 4 aliphatic rings. The molecule has 0 atom stereocenters. The van der Waals surface area contributed by atoms with Crippen molar-refractivity contribution in [2.45, 2.75) is 101 Å². The summed E-state index contributed by atoms with van der Waals surface area (Å²) < 4.78 is 291. The Morgan fingerprint density at radius 3 is 0.419 bits per heavy atom. The van der Waals surface area contributed by atoms with E-state index in [1.807, 2.05) is 0 Å². The number of carbonyl (C=O) groups is 4. The molecule has 4 rings (SSSR count). The molecule has 4 fully saturated rings. The van der Waals surface area contributed by atoms with E-state index in [9.17, 15) is 145 Å². The third kappa shape index (κ3) is 47.7. The molecule has 0 radical (unpaired) electrons. The molecule has 0 aromatic rings. The van der Waals surface area contributed by atoms with Crippen molar-refractivity contribution >= 4 is 23.1 Å². The first-order valence-electron chi connectivity index (χ1n) is 18.8. The minimum Gasteiger partial charge on any atom is -0.869 e. The summed E-state index contributed by atoms with van der Waals surface area (Å²) in [6.45, 7) is 8.00. The van der Waals surface area contributed by atoms with E-state index in [4.69, 9.17) is 18.9 Å². The van der Waals surface area contributed by atoms with Gasteiger partial charge in [-0.3, -0.25) is 19.2 Å². The van der Waals surface area contributed by atoms with Gasteiger partial charge < -0.3 is 39.4 Å². The van der Waals surface area contributed by atoms with Gasteiger partial charge in [0.1, 0.15) is 0 Å². The van der Waals surface area contributed by atoms with E-state index < -0.39 is 120 Å². The summed E-state index contributed by atoms with van der Waals surface area (Å²) in [7, 11) is 0. The molecule has 0 saturated carbocycles. The standard InChI is InChI=1S/4C5H2F6O2.4C4H8O.2Fe/c4*6-4(7,8)2(12)1-3(13)5(9,10)11;4*1-2-4-5-3-1;;/h4*1,12H;4*1-4H2;;/q;;;;;;;;2*+2/p-4/b4*2-1-;;;;;;. The fraction of sp³-hybridized carbons (Fsp3) is 0.667. The first-order chi connectivity index (χ1) is 32.2. The molecule has 0 aromatic heterocycles. The van der Waals surface area contributed by atoms with Crippen molar-refractivity contribution in [2.75, 3.05) is 52.9 Å². The molecule has 4 aliphatic heterocycles. The number of carbonyl (C=O) groups excluding carboxylic acids is 4. The zero-order chi connectivity index (χ0) is 57.6. The van der Waals surface area contributed by atoms with Gasteiger partial charge in [0.15, 0.2) is 0 Å². The molecular weight excluding hydrogens is 1190 g/mol. The maximum absolute atomic E-state index is 11.3. The van der Waals surface area contributed by atoms with Gasteiger partial charge in [0.25, 0.3) is 23.1 Å². The predicted octanol–water partition coefficient (Wildman–Crippen LogP) is 6.88. The van der Waals surface area contributed by atoms with Crippen LogP contribution in [0.4, 0.5) is 105 Å². The fourth-order valence-corrected chi connectivity index (χ4v) is 3.17. The molecule has 0 spiro atoms. The molecule has 0 aliphatic carbocycles. The van der Waals surface area contributed by atoms with Gasteiger partial charge in [-0.1, -0.05) is 0 Å². The summed E-state index contributed by atoms with van der Waals surface area (Å²) in [4.78, 5) is 39.3. The first kappa shape index (κ1) is 81.4. The second-order valence-corrected chi connectivity index (χ2v) is 12.8. The van der Waals surface area contributed by atoms with E-state index in [1.165, 1.54) is 51.4 Å². The van der Waals surface area contributed by atoms with Gasteiger partial charge in [0.05, 0.1) is 0 Å². The van der Waals surface area contributed by atoms with Gasteiger partial charge >= 0.3 is 83.5 Å². The van der Waals surface area contributed by atoms with Crippen molar-refractivity contribution in [3.8, 4) is 0 Å². The van der Waals surface area contributed by atoms with E-state index in [1.54, 1.807) is 0 Å². The van der Waals surface area contributed by atoms with E-state index in [2.05, 4.69) is 0 Å². The normalized spacial score (nSPS) is 16.6. The molecule has 38 heteroatoms. The summed E-state index contributed by atoms with van der Waals surface area (Å²) in [5.74, 6) is -22.6.